The van der Waals surface area contributed by atoms with Gasteiger partial charge in [0.05, 0.1) is 0 Å². The van der Waals surface area contributed by atoms with Gasteiger partial charge in [-0.05, 0) is 48.9 Å². The van der Waals surface area contributed by atoms with E-state index in [1.807, 2.05) is 0 Å². The van der Waals surface area contributed by atoms with Crippen molar-refractivity contribution in [3.8, 4) is 0 Å². The van der Waals surface area contributed by atoms with Crippen molar-refractivity contribution in [1.82, 2.24) is 9.47 Å². The highest BCUT2D eigenvalue weighted by Crippen LogP contribution is 2.46. The van der Waals surface area contributed by atoms with E-state index in [9.17, 15) is 0 Å². The Labute approximate surface area is 258 Å². The van der Waals surface area contributed by atoms with Gasteiger partial charge in [0.1, 0.15) is 0 Å². The average molecular weight is 577 g/mol. The summed E-state index contributed by atoms with van der Waals surface area (Å²) in [6.45, 7) is 18.5. The lowest BCUT2D eigenvalue weighted by Crippen LogP contribution is -2.39. The number of hydrogen-bond acceptors (Lipinski definition) is 2. The van der Waals surface area contributed by atoms with Crippen LogP contribution < -0.4 is 0 Å². The molecule has 1 fully saturated rings. The van der Waals surface area contributed by atoms with E-state index in [1.54, 1.807) is 11.3 Å². The third-order valence-electron chi connectivity index (χ3n) is 8.95. The maximum atomic E-state index is 4.58. The molecule has 2 unspecified atom stereocenters. The summed E-state index contributed by atoms with van der Waals surface area (Å²) in [6.07, 6.45) is 27.0. The molecule has 0 amide bonds. The number of unbranched alkanes of at least 4 members (excludes halogenated alkanes) is 5. The first-order valence-electron chi connectivity index (χ1n) is 17.1. The standard InChI is InChI=1S/C30H40N2S.C5H12.C3H8/c1-3-4-5-11-18-31-19-20-32-28-21-24(22(2)33)16-17-25(28)29(23-12-7-6-8-13-23)30(32)26-14-9-10-15-27(26)31;1-3-5-4-2;1-3-2/h9-10,14-17,21,23,26-27,33H,2-8,11-13,18-20H2,1H3;3-5H2,1-2H3;3H2,1-2H3. The van der Waals surface area contributed by atoms with Crippen molar-refractivity contribution in [2.75, 3.05) is 13.1 Å². The lowest BCUT2D eigenvalue weighted by Gasteiger charge is -2.34. The van der Waals surface area contributed by atoms with Crippen LogP contribution in [0.4, 0.5) is 0 Å². The molecule has 2 heterocycles. The van der Waals surface area contributed by atoms with Crippen LogP contribution in [0.3, 0.4) is 0 Å². The lowest BCUT2D eigenvalue weighted by atomic mass is 9.79. The van der Waals surface area contributed by atoms with Gasteiger partial charge in [-0.25, -0.2) is 0 Å². The zero-order valence-electron chi connectivity index (χ0n) is 27.1. The lowest BCUT2D eigenvalue weighted by molar-refractivity contribution is 0.216. The molecular weight excluding hydrogens is 516 g/mol. The molecule has 1 aliphatic heterocycles. The van der Waals surface area contributed by atoms with E-state index < -0.39 is 0 Å². The molecule has 0 saturated heterocycles. The summed E-state index contributed by atoms with van der Waals surface area (Å²) in [5.41, 5.74) is 5.80. The van der Waals surface area contributed by atoms with Crippen LogP contribution in [-0.2, 0) is 6.54 Å². The molecule has 0 radical (unpaired) electrons. The van der Waals surface area contributed by atoms with Gasteiger partial charge in [-0.2, -0.15) is 0 Å². The van der Waals surface area contributed by atoms with Gasteiger partial charge in [0.2, 0.25) is 0 Å². The summed E-state index contributed by atoms with van der Waals surface area (Å²) in [6, 6.07) is 7.44. The number of fused-ring (bicyclic) bond motifs is 5. The minimum absolute atomic E-state index is 0.440. The first-order chi connectivity index (χ1) is 20.0. The molecular formula is C38H60N2S. The van der Waals surface area contributed by atoms with E-state index in [4.69, 9.17) is 0 Å². The van der Waals surface area contributed by atoms with E-state index in [0.717, 1.165) is 23.6 Å². The van der Waals surface area contributed by atoms with Crippen LogP contribution in [0.25, 0.3) is 15.8 Å². The summed E-state index contributed by atoms with van der Waals surface area (Å²) in [5.74, 6) is 1.13. The maximum absolute atomic E-state index is 4.58. The first-order valence-corrected chi connectivity index (χ1v) is 17.6. The fourth-order valence-electron chi connectivity index (χ4n) is 6.93. The van der Waals surface area contributed by atoms with Gasteiger partial charge in [-0.15, -0.1) is 12.6 Å². The predicted molar refractivity (Wildman–Crippen MR) is 187 cm³/mol. The summed E-state index contributed by atoms with van der Waals surface area (Å²) in [7, 11) is 0. The molecule has 228 valence electrons. The second-order valence-electron chi connectivity index (χ2n) is 12.4. The molecule has 2 atom stereocenters. The van der Waals surface area contributed by atoms with Crippen molar-refractivity contribution in [2.45, 2.75) is 143 Å². The molecule has 5 rings (SSSR count). The van der Waals surface area contributed by atoms with Crippen LogP contribution >= 0.6 is 12.6 Å². The molecule has 3 aliphatic rings. The summed E-state index contributed by atoms with van der Waals surface area (Å²) in [4.78, 5) is 3.63. The van der Waals surface area contributed by atoms with E-state index in [0.29, 0.717) is 17.9 Å². The molecule has 2 nitrogen and oxygen atoms in total. The predicted octanol–water partition coefficient (Wildman–Crippen LogP) is 11.7. The van der Waals surface area contributed by atoms with Crippen LogP contribution in [0, 0.1) is 0 Å². The SMILES string of the molecule is C=C(S)c1ccc2c(C3CCCCC3)c3n(c2c1)CCN(CCCCCC)C1C=CC=CC31.CCC.CCCCC. The molecule has 2 aromatic rings. The molecule has 0 N–H and O–H groups in total. The number of benzene rings is 1. The highest BCUT2D eigenvalue weighted by atomic mass is 32.1. The number of allylic oxidation sites excluding steroid dienone is 2. The van der Waals surface area contributed by atoms with Gasteiger partial charge in [-0.3, -0.25) is 4.90 Å². The van der Waals surface area contributed by atoms with Crippen LogP contribution in [0.2, 0.25) is 0 Å². The van der Waals surface area contributed by atoms with Gasteiger partial charge >= 0.3 is 0 Å². The number of rotatable bonds is 9. The Bertz CT molecular complexity index is 1110. The van der Waals surface area contributed by atoms with Crippen molar-refractivity contribution in [1.29, 1.82) is 0 Å². The van der Waals surface area contributed by atoms with E-state index >= 15 is 0 Å². The van der Waals surface area contributed by atoms with Crippen molar-refractivity contribution in [3.63, 3.8) is 0 Å². The van der Waals surface area contributed by atoms with Crippen molar-refractivity contribution >= 4 is 28.4 Å². The zero-order chi connectivity index (χ0) is 29.6. The maximum Gasteiger partial charge on any atom is 0.0492 e. The summed E-state index contributed by atoms with van der Waals surface area (Å²) < 4.78 is 2.69. The fraction of sp³-hybridized carbons (Fsp3) is 0.632. The second kappa shape index (κ2) is 18.1. The van der Waals surface area contributed by atoms with Crippen molar-refractivity contribution in [3.05, 3.63) is 65.9 Å². The number of nitrogens with zero attached hydrogens (tertiary/aromatic N) is 2. The van der Waals surface area contributed by atoms with Gasteiger partial charge < -0.3 is 4.57 Å². The molecule has 41 heavy (non-hydrogen) atoms. The van der Waals surface area contributed by atoms with Crippen LogP contribution in [0.1, 0.15) is 147 Å². The fourth-order valence-corrected chi connectivity index (χ4v) is 7.07. The number of aromatic nitrogens is 1. The molecule has 1 saturated carbocycles. The Morgan fingerprint density at radius 2 is 1.54 bits per heavy atom. The quantitative estimate of drug-likeness (QED) is 0.230. The molecule has 3 heteroatoms. The number of thiol groups is 1. The van der Waals surface area contributed by atoms with E-state index in [2.05, 4.69) is 106 Å². The Morgan fingerprint density at radius 1 is 0.854 bits per heavy atom. The van der Waals surface area contributed by atoms with Crippen LogP contribution in [-0.4, -0.2) is 28.6 Å². The van der Waals surface area contributed by atoms with E-state index in [1.165, 1.54) is 101 Å². The summed E-state index contributed by atoms with van der Waals surface area (Å²) in [5, 5.41) is 1.48. The number of hydrogen-bond donors (Lipinski definition) is 1. The third-order valence-corrected chi connectivity index (χ3v) is 9.21. The average Bonchev–Trinajstić information content (AvgIpc) is 3.22. The molecule has 0 spiro atoms. The topological polar surface area (TPSA) is 8.17 Å². The van der Waals surface area contributed by atoms with Gasteiger partial charge in [0.15, 0.2) is 0 Å². The van der Waals surface area contributed by atoms with Crippen LogP contribution in [0.5, 0.6) is 0 Å². The zero-order valence-corrected chi connectivity index (χ0v) is 28.0. The van der Waals surface area contributed by atoms with Gasteiger partial charge in [0, 0.05) is 46.6 Å². The van der Waals surface area contributed by atoms with Crippen molar-refractivity contribution < 1.29 is 0 Å². The normalized spacial score (nSPS) is 20.3. The second-order valence-corrected chi connectivity index (χ2v) is 12.9. The highest BCUT2D eigenvalue weighted by molar-refractivity contribution is 7.90. The molecule has 1 aromatic heterocycles. The van der Waals surface area contributed by atoms with E-state index in [-0.39, 0.29) is 0 Å². The summed E-state index contributed by atoms with van der Waals surface area (Å²) >= 11 is 4.58. The Balaban J connectivity index is 0.000000515. The molecule has 2 aliphatic carbocycles. The Morgan fingerprint density at radius 3 is 2.17 bits per heavy atom. The van der Waals surface area contributed by atoms with Crippen LogP contribution in [0.15, 0.2) is 49.1 Å². The third kappa shape index (κ3) is 8.90. The monoisotopic (exact) mass is 576 g/mol. The van der Waals surface area contributed by atoms with Gasteiger partial charge in [0.25, 0.3) is 0 Å². The molecule has 0 bridgehead atoms. The van der Waals surface area contributed by atoms with Crippen molar-refractivity contribution in [2.24, 2.45) is 0 Å². The minimum Gasteiger partial charge on any atom is -0.342 e. The first kappa shape index (κ1) is 33.8. The highest BCUT2D eigenvalue weighted by Gasteiger charge is 2.36. The minimum atomic E-state index is 0.440. The Hall–Kier alpha value is -1.71. The Kier molecular flexibility index (Phi) is 14.9. The van der Waals surface area contributed by atoms with Gasteiger partial charge in [-0.1, -0.05) is 142 Å². The smallest absolute Gasteiger partial charge is 0.0492 e. The largest absolute Gasteiger partial charge is 0.342 e. The molecule has 1 aromatic carbocycles.